The summed E-state index contributed by atoms with van der Waals surface area (Å²) in [5.41, 5.74) is 7.35. The minimum Gasteiger partial charge on any atom is -0.368 e. The molecule has 9 nitrogen and oxygen atoms in total. The molecular weight excluding hydrogens is 392 g/mol. The number of carbonyl (C=O) groups excluding carboxylic acids is 1. The fraction of sp³-hybridized carbons (Fsp3) is 0.316. The Labute approximate surface area is 172 Å². The number of nitrogens with one attached hydrogen (secondary N) is 2. The number of pyridine rings is 1. The van der Waals surface area contributed by atoms with E-state index in [1.54, 1.807) is 0 Å². The van der Waals surface area contributed by atoms with Gasteiger partial charge in [0, 0.05) is 37.0 Å². The van der Waals surface area contributed by atoms with Gasteiger partial charge in [-0.15, -0.1) is 0 Å². The van der Waals surface area contributed by atoms with E-state index in [1.165, 1.54) is 6.33 Å². The largest absolute Gasteiger partial charge is 0.368 e. The third-order valence-corrected chi connectivity index (χ3v) is 5.12. The van der Waals surface area contributed by atoms with Gasteiger partial charge in [-0.05, 0) is 19.1 Å². The van der Waals surface area contributed by atoms with E-state index in [2.05, 4.69) is 36.6 Å². The van der Waals surface area contributed by atoms with Crippen molar-refractivity contribution < 1.29 is 4.79 Å². The predicted octanol–water partition coefficient (Wildman–Crippen LogP) is 2.15. The van der Waals surface area contributed by atoms with E-state index in [4.69, 9.17) is 22.3 Å². The molecule has 1 atom stereocenters. The molecule has 0 spiro atoms. The molecule has 29 heavy (non-hydrogen) atoms. The van der Waals surface area contributed by atoms with Crippen molar-refractivity contribution >= 4 is 46.1 Å². The first-order valence-corrected chi connectivity index (χ1v) is 9.71. The molecule has 1 fully saturated rings. The average Bonchev–Trinajstić information content (AvgIpc) is 2.92. The van der Waals surface area contributed by atoms with Crippen LogP contribution in [0.1, 0.15) is 24.9 Å². The molecule has 10 heteroatoms. The Morgan fingerprint density at radius 3 is 2.97 bits per heavy atom. The van der Waals surface area contributed by atoms with Gasteiger partial charge in [-0.2, -0.15) is 4.98 Å². The summed E-state index contributed by atoms with van der Waals surface area (Å²) < 4.78 is 0. The van der Waals surface area contributed by atoms with Gasteiger partial charge in [-0.1, -0.05) is 23.7 Å². The molecular formula is C19H21ClN8O. The van der Waals surface area contributed by atoms with Crippen LogP contribution in [0.4, 0.5) is 17.7 Å². The highest BCUT2D eigenvalue weighted by Gasteiger charge is 2.22. The van der Waals surface area contributed by atoms with Gasteiger partial charge in [-0.25, -0.2) is 15.0 Å². The minimum atomic E-state index is -0.172. The zero-order valence-corrected chi connectivity index (χ0v) is 16.6. The SMILES string of the molecule is C[C@H](Nc1ncnc(N)n1)c1cc2cccc(Cl)c2nc1N1CCNC(=O)CC1. The monoisotopic (exact) mass is 412 g/mol. The molecule has 3 aromatic rings. The maximum atomic E-state index is 11.8. The zero-order chi connectivity index (χ0) is 20.4. The van der Waals surface area contributed by atoms with E-state index in [9.17, 15) is 4.79 Å². The fourth-order valence-corrected chi connectivity index (χ4v) is 3.59. The number of nitrogen functional groups attached to an aromatic ring is 1. The molecule has 1 aliphatic rings. The number of amides is 1. The summed E-state index contributed by atoms with van der Waals surface area (Å²) in [5.74, 6) is 1.36. The van der Waals surface area contributed by atoms with Gasteiger partial charge in [0.1, 0.15) is 12.1 Å². The Hall–Kier alpha value is -3.20. The third-order valence-electron chi connectivity index (χ3n) is 4.82. The third kappa shape index (κ3) is 4.14. The first-order valence-electron chi connectivity index (χ1n) is 9.33. The first-order chi connectivity index (χ1) is 14.0. The molecule has 0 unspecified atom stereocenters. The summed E-state index contributed by atoms with van der Waals surface area (Å²) in [6.07, 6.45) is 1.77. The van der Waals surface area contributed by atoms with E-state index in [-0.39, 0.29) is 17.9 Å². The Morgan fingerprint density at radius 2 is 2.14 bits per heavy atom. The highest BCUT2D eigenvalue weighted by molar-refractivity contribution is 6.35. The quantitative estimate of drug-likeness (QED) is 0.595. The molecule has 1 aromatic carbocycles. The number of para-hydroxylation sites is 1. The van der Waals surface area contributed by atoms with Crippen LogP contribution in [0.5, 0.6) is 0 Å². The highest BCUT2D eigenvalue weighted by atomic mass is 35.5. The van der Waals surface area contributed by atoms with Crippen molar-refractivity contribution in [2.45, 2.75) is 19.4 Å². The fourth-order valence-electron chi connectivity index (χ4n) is 3.37. The number of nitrogens with two attached hydrogens (primary N) is 1. The van der Waals surface area contributed by atoms with Gasteiger partial charge in [-0.3, -0.25) is 4.79 Å². The molecule has 1 aliphatic heterocycles. The second-order valence-corrected chi connectivity index (χ2v) is 7.24. The summed E-state index contributed by atoms with van der Waals surface area (Å²) in [7, 11) is 0. The second kappa shape index (κ2) is 8.04. The number of rotatable bonds is 4. The number of halogens is 1. The molecule has 4 N–H and O–H groups in total. The van der Waals surface area contributed by atoms with Crippen molar-refractivity contribution in [1.29, 1.82) is 0 Å². The number of hydrogen-bond acceptors (Lipinski definition) is 8. The van der Waals surface area contributed by atoms with Gasteiger partial charge < -0.3 is 21.3 Å². The van der Waals surface area contributed by atoms with E-state index in [0.29, 0.717) is 37.0 Å². The summed E-state index contributed by atoms with van der Waals surface area (Å²) in [6, 6.07) is 7.59. The predicted molar refractivity (Wildman–Crippen MR) is 113 cm³/mol. The minimum absolute atomic E-state index is 0.0414. The van der Waals surface area contributed by atoms with Crippen LogP contribution in [0.15, 0.2) is 30.6 Å². The lowest BCUT2D eigenvalue weighted by Gasteiger charge is -2.27. The maximum Gasteiger partial charge on any atom is 0.227 e. The van der Waals surface area contributed by atoms with Crippen molar-refractivity contribution in [1.82, 2.24) is 25.3 Å². The number of benzene rings is 1. The Bertz CT molecular complexity index is 1060. The Morgan fingerprint density at radius 1 is 1.28 bits per heavy atom. The molecule has 0 aliphatic carbocycles. The summed E-state index contributed by atoms with van der Waals surface area (Å²) in [6.45, 7) is 3.80. The van der Waals surface area contributed by atoms with Crippen LogP contribution < -0.4 is 21.3 Å². The van der Waals surface area contributed by atoms with Crippen molar-refractivity contribution in [3.05, 3.63) is 41.2 Å². The first kappa shape index (κ1) is 19.1. The molecule has 1 amide bonds. The topological polar surface area (TPSA) is 122 Å². The summed E-state index contributed by atoms with van der Waals surface area (Å²) in [4.78, 5) is 30.8. The van der Waals surface area contributed by atoms with Crippen LogP contribution in [0.25, 0.3) is 10.9 Å². The van der Waals surface area contributed by atoms with Gasteiger partial charge >= 0.3 is 0 Å². The zero-order valence-electron chi connectivity index (χ0n) is 15.9. The van der Waals surface area contributed by atoms with Crippen LogP contribution in [0, 0.1) is 0 Å². The molecule has 150 valence electrons. The number of hydrogen-bond donors (Lipinski definition) is 3. The van der Waals surface area contributed by atoms with Crippen LogP contribution in [0.3, 0.4) is 0 Å². The molecule has 2 aromatic heterocycles. The maximum absolute atomic E-state index is 11.8. The van der Waals surface area contributed by atoms with Crippen LogP contribution >= 0.6 is 11.6 Å². The molecule has 0 radical (unpaired) electrons. The Kier molecular flexibility index (Phi) is 5.30. The molecule has 3 heterocycles. The van der Waals surface area contributed by atoms with E-state index >= 15 is 0 Å². The number of carbonyl (C=O) groups is 1. The number of aromatic nitrogens is 4. The van der Waals surface area contributed by atoms with Crippen molar-refractivity contribution in [3.63, 3.8) is 0 Å². The number of nitrogens with zero attached hydrogens (tertiary/aromatic N) is 5. The summed E-state index contributed by atoms with van der Waals surface area (Å²) in [5, 5.41) is 7.68. The molecule has 0 bridgehead atoms. The van der Waals surface area contributed by atoms with Gasteiger partial charge in [0.25, 0.3) is 0 Å². The molecule has 0 saturated carbocycles. The Balaban J connectivity index is 1.76. The van der Waals surface area contributed by atoms with Gasteiger partial charge in [0.2, 0.25) is 17.8 Å². The summed E-state index contributed by atoms with van der Waals surface area (Å²) >= 11 is 6.40. The average molecular weight is 413 g/mol. The van der Waals surface area contributed by atoms with Crippen LogP contribution in [-0.2, 0) is 4.79 Å². The van der Waals surface area contributed by atoms with Crippen LogP contribution in [0.2, 0.25) is 5.02 Å². The number of anilines is 3. The number of fused-ring (bicyclic) bond motifs is 1. The van der Waals surface area contributed by atoms with Crippen molar-refractivity contribution in [3.8, 4) is 0 Å². The van der Waals surface area contributed by atoms with Crippen molar-refractivity contribution in [2.24, 2.45) is 0 Å². The van der Waals surface area contributed by atoms with E-state index in [1.807, 2.05) is 25.1 Å². The van der Waals surface area contributed by atoms with Crippen molar-refractivity contribution in [2.75, 3.05) is 35.6 Å². The molecule has 1 saturated heterocycles. The molecule has 4 rings (SSSR count). The lowest BCUT2D eigenvalue weighted by Crippen LogP contribution is -2.30. The normalized spacial score (nSPS) is 15.7. The smallest absolute Gasteiger partial charge is 0.227 e. The van der Waals surface area contributed by atoms with Gasteiger partial charge in [0.15, 0.2) is 0 Å². The van der Waals surface area contributed by atoms with E-state index in [0.717, 1.165) is 22.3 Å². The van der Waals surface area contributed by atoms with E-state index < -0.39 is 0 Å². The van der Waals surface area contributed by atoms with Crippen LogP contribution in [-0.4, -0.2) is 45.5 Å². The lowest BCUT2D eigenvalue weighted by atomic mass is 10.1. The highest BCUT2D eigenvalue weighted by Crippen LogP contribution is 2.32. The second-order valence-electron chi connectivity index (χ2n) is 6.83. The lowest BCUT2D eigenvalue weighted by molar-refractivity contribution is -0.120. The van der Waals surface area contributed by atoms with Gasteiger partial charge in [0.05, 0.1) is 16.6 Å². The standard InChI is InChI=1S/C19H21ClN8O/c1-11(25-19-24-10-23-18(21)27-19)13-9-12-3-2-4-14(20)16(12)26-17(13)28-7-5-15(29)22-6-8-28/h2-4,9-11H,5-8H2,1H3,(H,22,29)(H3,21,23,24,25,27)/t11-/m0/s1.